The number of hydrogen-bond acceptors (Lipinski definition) is 3. The molecule has 1 aromatic rings. The predicted molar refractivity (Wildman–Crippen MR) is 94.7 cm³/mol. The van der Waals surface area contributed by atoms with Crippen LogP contribution in [0.1, 0.15) is 50.8 Å². The summed E-state index contributed by atoms with van der Waals surface area (Å²) < 4.78 is 5.42. The molecule has 0 aromatic carbocycles. The fourth-order valence-electron chi connectivity index (χ4n) is 2.71. The molecule has 1 aliphatic rings. The lowest BCUT2D eigenvalue weighted by molar-refractivity contribution is 0.0204. The Labute approximate surface area is 142 Å². The molecule has 2 rings (SSSR count). The molecule has 0 atom stereocenters. The zero-order valence-electron chi connectivity index (χ0n) is 14.0. The van der Waals surface area contributed by atoms with Gasteiger partial charge in [-0.1, -0.05) is 18.2 Å². The van der Waals surface area contributed by atoms with Crippen molar-refractivity contribution >= 4 is 35.3 Å². The summed E-state index contributed by atoms with van der Waals surface area (Å²) in [6, 6.07) is 1.98. The number of aromatic nitrogens is 1. The van der Waals surface area contributed by atoms with Crippen LogP contribution in [0.2, 0.25) is 0 Å². The van der Waals surface area contributed by atoms with Crippen molar-refractivity contribution in [3.8, 4) is 0 Å². The van der Waals surface area contributed by atoms with E-state index >= 15 is 0 Å². The molecule has 1 amide bonds. The minimum atomic E-state index is -0.465. The number of carbonyl (C=O) groups excluding carboxylic acids is 1. The lowest BCUT2D eigenvalue weighted by atomic mass is 9.93. The molecule has 0 saturated carbocycles. The van der Waals surface area contributed by atoms with Gasteiger partial charge in [0.25, 0.3) is 0 Å². The molecule has 1 aromatic heterocycles. The number of nitrogens with one attached hydrogen (secondary N) is 1. The smallest absolute Gasteiger partial charge is 0.410 e. The van der Waals surface area contributed by atoms with Gasteiger partial charge in [0.1, 0.15) is 11.4 Å². The molecule has 0 spiro atoms. The maximum Gasteiger partial charge on any atom is 0.410 e. The Bertz CT molecular complexity index is 608. The van der Waals surface area contributed by atoms with Gasteiger partial charge in [-0.2, -0.15) is 0 Å². The third-order valence-corrected chi connectivity index (χ3v) is 4.06. The van der Waals surface area contributed by atoms with E-state index in [-0.39, 0.29) is 6.09 Å². The van der Waals surface area contributed by atoms with Gasteiger partial charge in [0.05, 0.1) is 0 Å². The molecular formula is C17H24ClN3O2. The van der Waals surface area contributed by atoms with Crippen molar-refractivity contribution in [3.05, 3.63) is 23.9 Å². The van der Waals surface area contributed by atoms with E-state index in [2.05, 4.69) is 23.3 Å². The predicted octanol–water partition coefficient (Wildman–Crippen LogP) is 4.67. The minimum Gasteiger partial charge on any atom is -0.444 e. The van der Waals surface area contributed by atoms with E-state index in [1.165, 1.54) is 0 Å². The van der Waals surface area contributed by atoms with Crippen molar-refractivity contribution in [3.63, 3.8) is 0 Å². The molecule has 5 nitrogen and oxygen atoms in total. The van der Waals surface area contributed by atoms with Crippen LogP contribution in [0.4, 0.5) is 10.6 Å². The lowest BCUT2D eigenvalue weighted by Crippen LogP contribution is -2.41. The third kappa shape index (κ3) is 4.38. The Hall–Kier alpha value is -1.75. The zero-order chi connectivity index (χ0) is 17.2. The van der Waals surface area contributed by atoms with Gasteiger partial charge in [-0.25, -0.2) is 9.79 Å². The molecule has 1 fully saturated rings. The highest BCUT2D eigenvalue weighted by molar-refractivity contribution is 6.48. The summed E-state index contributed by atoms with van der Waals surface area (Å²) in [5, 5.41) is 0.445. The second-order valence-electron chi connectivity index (χ2n) is 6.79. The first kappa shape index (κ1) is 17.6. The van der Waals surface area contributed by atoms with Gasteiger partial charge >= 0.3 is 6.09 Å². The Morgan fingerprint density at radius 1 is 1.43 bits per heavy atom. The van der Waals surface area contributed by atoms with E-state index in [0.717, 1.165) is 24.1 Å². The van der Waals surface area contributed by atoms with Crippen LogP contribution >= 0.6 is 11.6 Å². The number of hydrogen-bond donors (Lipinski definition) is 1. The Morgan fingerprint density at radius 3 is 2.48 bits per heavy atom. The summed E-state index contributed by atoms with van der Waals surface area (Å²) in [6.45, 7) is 14.3. The average Bonchev–Trinajstić information content (AvgIpc) is 2.90. The van der Waals surface area contributed by atoms with Crippen LogP contribution in [0, 0.1) is 0 Å². The summed E-state index contributed by atoms with van der Waals surface area (Å²) in [5.41, 5.74) is 1.38. The first-order valence-electron chi connectivity index (χ1n) is 7.73. The van der Waals surface area contributed by atoms with E-state index < -0.39 is 5.60 Å². The van der Waals surface area contributed by atoms with Gasteiger partial charge in [0.2, 0.25) is 0 Å². The molecule has 1 saturated heterocycles. The molecule has 6 heteroatoms. The van der Waals surface area contributed by atoms with Gasteiger partial charge in [0, 0.05) is 35.3 Å². The van der Waals surface area contributed by atoms with Crippen LogP contribution < -0.4 is 0 Å². The van der Waals surface area contributed by atoms with E-state index in [9.17, 15) is 4.79 Å². The normalized spacial score (nSPS) is 16.3. The van der Waals surface area contributed by atoms with Crippen LogP contribution in [0.25, 0.3) is 5.03 Å². The van der Waals surface area contributed by atoms with Crippen molar-refractivity contribution in [2.45, 2.75) is 45.1 Å². The number of likely N-dealkylation sites (tertiary alicyclic amines) is 1. The highest BCUT2D eigenvalue weighted by Crippen LogP contribution is 2.35. The van der Waals surface area contributed by atoms with E-state index in [1.54, 1.807) is 4.90 Å². The lowest BCUT2D eigenvalue weighted by Gasteiger charge is -2.33. The quantitative estimate of drug-likeness (QED) is 0.815. The molecule has 0 aliphatic carbocycles. The number of rotatable bonds is 3. The number of piperidine rings is 1. The zero-order valence-corrected chi connectivity index (χ0v) is 14.7. The highest BCUT2D eigenvalue weighted by Gasteiger charge is 2.28. The van der Waals surface area contributed by atoms with Crippen LogP contribution in [0.15, 0.2) is 17.6 Å². The second kappa shape index (κ2) is 6.79. The summed E-state index contributed by atoms with van der Waals surface area (Å²) in [7, 11) is 0. The summed E-state index contributed by atoms with van der Waals surface area (Å²) >= 11 is 5.99. The largest absolute Gasteiger partial charge is 0.444 e. The van der Waals surface area contributed by atoms with E-state index in [1.807, 2.05) is 26.8 Å². The number of H-pyrrole nitrogens is 1. The van der Waals surface area contributed by atoms with Crippen LogP contribution in [-0.4, -0.2) is 41.4 Å². The van der Waals surface area contributed by atoms with Crippen LogP contribution in [0.3, 0.4) is 0 Å². The van der Waals surface area contributed by atoms with Gasteiger partial charge < -0.3 is 14.6 Å². The number of halogens is 1. The van der Waals surface area contributed by atoms with Crippen molar-refractivity contribution in [1.82, 2.24) is 9.88 Å². The molecule has 2 heterocycles. The standard InChI is InChI=1S/C17H24ClN3O2/c1-11(18)13-10-14(20-15(13)19-5)12-6-8-21(9-7-12)16(22)23-17(2,3)4/h10,12,20H,1,5-9H2,2-4H3. The first-order chi connectivity index (χ1) is 10.7. The van der Waals surface area contributed by atoms with Crippen molar-refractivity contribution in [1.29, 1.82) is 0 Å². The molecule has 23 heavy (non-hydrogen) atoms. The van der Waals surface area contributed by atoms with Crippen LogP contribution in [0.5, 0.6) is 0 Å². The van der Waals surface area contributed by atoms with E-state index in [0.29, 0.717) is 29.9 Å². The SMILES string of the molecule is C=Nc1[nH]c(C2CCN(C(=O)OC(C)(C)C)CC2)cc1C(=C)Cl. The second-order valence-corrected chi connectivity index (χ2v) is 7.25. The summed E-state index contributed by atoms with van der Waals surface area (Å²) in [4.78, 5) is 21.1. The van der Waals surface area contributed by atoms with Gasteiger partial charge in [-0.15, -0.1) is 0 Å². The van der Waals surface area contributed by atoms with Gasteiger partial charge in [0.15, 0.2) is 0 Å². The van der Waals surface area contributed by atoms with Crippen molar-refractivity contribution in [2.75, 3.05) is 13.1 Å². The van der Waals surface area contributed by atoms with Crippen molar-refractivity contribution in [2.24, 2.45) is 4.99 Å². The summed E-state index contributed by atoms with van der Waals surface area (Å²) in [6.07, 6.45) is 1.49. The van der Waals surface area contributed by atoms with Crippen molar-refractivity contribution < 1.29 is 9.53 Å². The molecule has 0 unspecified atom stereocenters. The number of aliphatic imine (C=N–C) groups is 1. The van der Waals surface area contributed by atoms with Gasteiger partial charge in [-0.3, -0.25) is 0 Å². The summed E-state index contributed by atoms with van der Waals surface area (Å²) in [5.74, 6) is 0.980. The molecule has 1 N–H and O–H groups in total. The maximum absolute atomic E-state index is 12.1. The average molecular weight is 338 g/mol. The number of amides is 1. The third-order valence-electron chi connectivity index (χ3n) is 3.85. The monoisotopic (exact) mass is 337 g/mol. The van der Waals surface area contributed by atoms with E-state index in [4.69, 9.17) is 16.3 Å². The number of ether oxygens (including phenoxy) is 1. The van der Waals surface area contributed by atoms with Gasteiger partial charge in [-0.05, 0) is 46.4 Å². The fraction of sp³-hybridized carbons (Fsp3) is 0.529. The molecular weight excluding hydrogens is 314 g/mol. The Morgan fingerprint density at radius 2 is 2.04 bits per heavy atom. The number of carbonyl (C=O) groups is 1. The molecule has 0 bridgehead atoms. The topological polar surface area (TPSA) is 57.7 Å². The minimum absolute atomic E-state index is 0.245. The number of aromatic amines is 1. The van der Waals surface area contributed by atoms with Crippen LogP contribution in [-0.2, 0) is 4.74 Å². The molecule has 126 valence electrons. The number of nitrogens with zero attached hydrogens (tertiary/aromatic N) is 2. The fourth-order valence-corrected chi connectivity index (χ4v) is 2.86. The highest BCUT2D eigenvalue weighted by atomic mass is 35.5. The maximum atomic E-state index is 12.1. The first-order valence-corrected chi connectivity index (χ1v) is 8.11. The Kier molecular flexibility index (Phi) is 5.19. The Balaban J connectivity index is 2.01. The molecule has 1 aliphatic heterocycles. The molecule has 0 radical (unpaired) electrons.